The molecule has 0 amide bonds. The van der Waals surface area contributed by atoms with Gasteiger partial charge in [0.1, 0.15) is 11.5 Å². The van der Waals surface area contributed by atoms with Gasteiger partial charge in [-0.05, 0) is 25.8 Å². The Morgan fingerprint density at radius 1 is 1.11 bits per heavy atom. The van der Waals surface area contributed by atoms with Crippen LogP contribution in [-0.2, 0) is 6.42 Å². The topological polar surface area (TPSA) is 131 Å². The van der Waals surface area contributed by atoms with Crippen LogP contribution in [0.4, 0.5) is 0 Å². The molecule has 5 N–H and O–H groups in total. The molecule has 1 heterocycles. The Morgan fingerprint density at radius 2 is 1.78 bits per heavy atom. The summed E-state index contributed by atoms with van der Waals surface area (Å²) < 4.78 is 4.86. The summed E-state index contributed by atoms with van der Waals surface area (Å²) in [5, 5.41) is 49.4. The number of rotatable bonds is 10. The van der Waals surface area contributed by atoms with Gasteiger partial charge in [0.05, 0.1) is 30.5 Å². The van der Waals surface area contributed by atoms with Crippen molar-refractivity contribution in [2.75, 3.05) is 0 Å². The number of aliphatic hydroxyl groups is 4. The van der Waals surface area contributed by atoms with Crippen LogP contribution in [-0.4, -0.2) is 49.9 Å². The van der Waals surface area contributed by atoms with Crippen LogP contribution in [0.15, 0.2) is 45.1 Å². The van der Waals surface area contributed by atoms with Crippen LogP contribution in [0.25, 0.3) is 0 Å². The molecule has 1 aromatic rings. The molecule has 0 spiro atoms. The van der Waals surface area contributed by atoms with Gasteiger partial charge in [0.25, 0.3) is 0 Å². The molecule has 7 heteroatoms. The lowest BCUT2D eigenvalue weighted by Crippen LogP contribution is -2.24. The van der Waals surface area contributed by atoms with Crippen molar-refractivity contribution in [2.45, 2.75) is 64.4 Å². The van der Waals surface area contributed by atoms with E-state index in [1.54, 1.807) is 6.08 Å². The smallest absolute Gasteiger partial charge is 0.339 e. The van der Waals surface area contributed by atoms with Gasteiger partial charge >= 0.3 is 5.63 Å². The van der Waals surface area contributed by atoms with Crippen molar-refractivity contribution in [1.29, 1.82) is 0 Å². The molecular weight excluding hydrogens is 352 g/mol. The molecule has 0 aliphatic rings. The quantitative estimate of drug-likeness (QED) is 0.385. The van der Waals surface area contributed by atoms with Crippen LogP contribution < -0.4 is 5.63 Å². The minimum absolute atomic E-state index is 0.0168. The monoisotopic (exact) mass is 382 g/mol. The first-order valence-corrected chi connectivity index (χ1v) is 8.98. The van der Waals surface area contributed by atoms with E-state index in [2.05, 4.69) is 0 Å². The van der Waals surface area contributed by atoms with Gasteiger partial charge in [-0.15, -0.1) is 0 Å². The van der Waals surface area contributed by atoms with E-state index in [1.807, 2.05) is 26.8 Å². The van der Waals surface area contributed by atoms with E-state index in [0.717, 1.165) is 11.6 Å². The molecule has 27 heavy (non-hydrogen) atoms. The van der Waals surface area contributed by atoms with Crippen LogP contribution >= 0.6 is 0 Å². The van der Waals surface area contributed by atoms with Crippen molar-refractivity contribution in [3.8, 4) is 5.75 Å². The number of aliphatic hydroxyl groups excluding tert-OH is 4. The second-order valence-corrected chi connectivity index (χ2v) is 6.87. The van der Waals surface area contributed by atoms with Gasteiger partial charge in [0, 0.05) is 24.8 Å². The lowest BCUT2D eigenvalue weighted by molar-refractivity contribution is 0.0495. The van der Waals surface area contributed by atoms with E-state index in [-0.39, 0.29) is 36.7 Å². The number of hydrogen-bond donors (Lipinski definition) is 5. The Bertz CT molecular complexity index is 692. The molecule has 0 radical (unpaired) electrons. The van der Waals surface area contributed by atoms with Gasteiger partial charge in [-0.3, -0.25) is 0 Å². The first-order chi connectivity index (χ1) is 12.6. The van der Waals surface area contributed by atoms with Crippen molar-refractivity contribution >= 4 is 0 Å². The summed E-state index contributed by atoms with van der Waals surface area (Å²) in [7, 11) is 0. The van der Waals surface area contributed by atoms with E-state index in [4.69, 9.17) is 4.42 Å². The molecule has 0 aliphatic heterocycles. The first-order valence-electron chi connectivity index (χ1n) is 8.98. The summed E-state index contributed by atoms with van der Waals surface area (Å²) >= 11 is 0. The van der Waals surface area contributed by atoms with Crippen LogP contribution in [0.1, 0.15) is 39.4 Å². The zero-order valence-electron chi connectivity index (χ0n) is 15.9. The average molecular weight is 382 g/mol. The third kappa shape index (κ3) is 8.53. The van der Waals surface area contributed by atoms with E-state index in [1.165, 1.54) is 12.1 Å². The van der Waals surface area contributed by atoms with Gasteiger partial charge in [-0.25, -0.2) is 4.79 Å². The molecule has 0 saturated heterocycles. The fraction of sp³-hybridized carbons (Fsp3) is 0.550. The third-order valence-corrected chi connectivity index (χ3v) is 4.36. The molecule has 0 bridgehead atoms. The van der Waals surface area contributed by atoms with Gasteiger partial charge in [0.2, 0.25) is 0 Å². The molecule has 7 nitrogen and oxygen atoms in total. The summed E-state index contributed by atoms with van der Waals surface area (Å²) in [6.07, 6.45) is 1.44. The standard InChI is InChI=1S/C20H30O7/c1-4-12(2)20(26)13(3)5-6-14(21)7-15(22)8-16(23)9-18-10-17(24)11-19(25)27-18/h4-6,10-11,13-16,20-24,26H,7-9H2,1-3H3/b6-5+,12-4+/t13-,14-,15-,16-,20-/m0/s1. The molecule has 1 rings (SSSR count). The Hall–Kier alpha value is -1.93. The third-order valence-electron chi connectivity index (χ3n) is 4.36. The highest BCUT2D eigenvalue weighted by molar-refractivity contribution is 5.18. The van der Waals surface area contributed by atoms with Gasteiger partial charge < -0.3 is 29.9 Å². The van der Waals surface area contributed by atoms with E-state index >= 15 is 0 Å². The maximum absolute atomic E-state index is 11.2. The largest absolute Gasteiger partial charge is 0.508 e. The van der Waals surface area contributed by atoms with Crippen molar-refractivity contribution in [2.24, 2.45) is 5.92 Å². The Kier molecular flexibility index (Phi) is 9.45. The lowest BCUT2D eigenvalue weighted by atomic mass is 9.96. The van der Waals surface area contributed by atoms with Gasteiger partial charge in [0.15, 0.2) is 0 Å². The Balaban J connectivity index is 2.49. The normalized spacial score (nSPS) is 18.3. The Labute approximate surface area is 158 Å². The van der Waals surface area contributed by atoms with Crippen LogP contribution in [0.5, 0.6) is 5.75 Å². The second kappa shape index (κ2) is 11.0. The highest BCUT2D eigenvalue weighted by Crippen LogP contribution is 2.16. The number of hydrogen-bond acceptors (Lipinski definition) is 7. The van der Waals surface area contributed by atoms with Crippen LogP contribution in [0, 0.1) is 5.92 Å². The predicted molar refractivity (Wildman–Crippen MR) is 101 cm³/mol. The summed E-state index contributed by atoms with van der Waals surface area (Å²) in [6, 6.07) is 2.15. The molecular formula is C20H30O7. The zero-order valence-corrected chi connectivity index (χ0v) is 15.9. The van der Waals surface area contributed by atoms with Crippen molar-refractivity contribution < 1.29 is 29.9 Å². The highest BCUT2D eigenvalue weighted by Gasteiger charge is 2.18. The fourth-order valence-corrected chi connectivity index (χ4v) is 2.69. The molecule has 0 fully saturated rings. The number of allylic oxidation sites excluding steroid dienone is 1. The molecule has 0 aromatic carbocycles. The van der Waals surface area contributed by atoms with E-state index < -0.39 is 30.0 Å². The molecule has 5 atom stereocenters. The minimum atomic E-state index is -1.00. The van der Waals surface area contributed by atoms with Crippen molar-refractivity contribution in [3.05, 3.63) is 52.1 Å². The second-order valence-electron chi connectivity index (χ2n) is 6.87. The summed E-state index contributed by atoms with van der Waals surface area (Å²) in [4.78, 5) is 11.2. The Morgan fingerprint density at radius 3 is 2.37 bits per heavy atom. The van der Waals surface area contributed by atoms with Crippen molar-refractivity contribution in [3.63, 3.8) is 0 Å². The highest BCUT2D eigenvalue weighted by atomic mass is 16.4. The van der Waals surface area contributed by atoms with Crippen LogP contribution in [0.2, 0.25) is 0 Å². The molecule has 0 saturated carbocycles. The molecule has 1 aromatic heterocycles. The van der Waals surface area contributed by atoms with Crippen LogP contribution in [0.3, 0.4) is 0 Å². The van der Waals surface area contributed by atoms with Gasteiger partial charge in [-0.2, -0.15) is 0 Å². The first kappa shape index (κ1) is 23.1. The summed E-state index contributed by atoms with van der Waals surface area (Å²) in [5.41, 5.74) is 0.117. The predicted octanol–water partition coefficient (Wildman–Crippen LogP) is 1.27. The molecule has 0 aliphatic carbocycles. The minimum Gasteiger partial charge on any atom is -0.508 e. The maximum atomic E-state index is 11.2. The van der Waals surface area contributed by atoms with Gasteiger partial charge in [-0.1, -0.05) is 25.2 Å². The van der Waals surface area contributed by atoms with Crippen molar-refractivity contribution in [1.82, 2.24) is 0 Å². The fourth-order valence-electron chi connectivity index (χ4n) is 2.69. The number of aromatic hydroxyl groups is 1. The molecule has 152 valence electrons. The molecule has 0 unspecified atom stereocenters. The SMILES string of the molecule is C/C=C(\C)[C@H](O)[C@@H](C)/C=C/[C@H](O)C[C@H](O)C[C@H](O)Cc1cc(O)cc(=O)o1. The lowest BCUT2D eigenvalue weighted by Gasteiger charge is -2.18. The maximum Gasteiger partial charge on any atom is 0.339 e. The zero-order chi connectivity index (χ0) is 20.6. The summed E-state index contributed by atoms with van der Waals surface area (Å²) in [6.45, 7) is 5.49. The average Bonchev–Trinajstić information content (AvgIpc) is 2.56. The van der Waals surface area contributed by atoms with E-state index in [0.29, 0.717) is 0 Å². The van der Waals surface area contributed by atoms with E-state index in [9.17, 15) is 30.3 Å². The summed E-state index contributed by atoms with van der Waals surface area (Å²) in [5.74, 6) is -0.325.